The second-order valence-electron chi connectivity index (χ2n) is 24.3. The minimum Gasteiger partial charge on any atom is -0.469 e. The monoisotopic (exact) mass is 1370 g/mol. The molecule has 35 nitrogen and oxygen atoms in total. The first-order chi connectivity index (χ1) is 38.3. The Kier molecular flexibility index (Phi) is 19.4. The van der Waals surface area contributed by atoms with Crippen molar-refractivity contribution in [2.24, 2.45) is 50.2 Å². The van der Waals surface area contributed by atoms with Crippen molar-refractivity contribution >= 4 is 84.5 Å². The molecule has 7 unspecified atom stereocenters. The van der Waals surface area contributed by atoms with Gasteiger partial charge in [0.15, 0.2) is 30.6 Å². The fraction of sp³-hybridized carbons (Fsp3) is 0.907. The van der Waals surface area contributed by atoms with E-state index in [4.69, 9.17) is 32.1 Å². The quantitative estimate of drug-likeness (QED) is 0.0477. The molecule has 4 saturated carbocycles. The molecular weight excluding hydrogens is 1300 g/mol. The minimum atomic E-state index is -6.19. The third kappa shape index (κ3) is 15.3. The predicted octanol–water partition coefficient (Wildman–Crippen LogP) is 0.939. The van der Waals surface area contributed by atoms with Crippen LogP contribution in [-0.4, -0.2) is 190 Å². The largest absolute Gasteiger partial charge is 0.469 e. The average Bonchev–Trinajstić information content (AvgIpc) is 0.684. The summed E-state index contributed by atoms with van der Waals surface area (Å²) in [6.07, 6.45) is -25.2. The van der Waals surface area contributed by atoms with E-state index in [1.807, 2.05) is 13.8 Å². The summed E-state index contributed by atoms with van der Waals surface area (Å²) in [6.45, 7) is 10.1. The molecule has 2 saturated heterocycles. The van der Waals surface area contributed by atoms with Crippen LogP contribution in [-0.2, 0) is 135 Å². The number of carbonyl (C=O) groups excluding carboxylic acids is 2. The molecule has 492 valence electrons. The van der Waals surface area contributed by atoms with E-state index in [0.717, 1.165) is 24.8 Å². The Bertz CT molecular complexity index is 3450. The van der Waals surface area contributed by atoms with Crippen molar-refractivity contribution in [3.05, 3.63) is 11.6 Å². The molecule has 0 bridgehead atoms. The smallest absolute Gasteiger partial charge is 0.397 e. The topological polar surface area (TPSA) is 525 Å². The van der Waals surface area contributed by atoms with Crippen LogP contribution >= 0.6 is 0 Å². The number of esters is 1. The van der Waals surface area contributed by atoms with Gasteiger partial charge < -0.3 is 23.7 Å². The van der Waals surface area contributed by atoms with Crippen molar-refractivity contribution in [3.8, 4) is 0 Å². The number of carbonyl (C=O) groups is 2. The summed E-state index contributed by atoms with van der Waals surface area (Å²) in [6, 6.07) is 0. The highest BCUT2D eigenvalue weighted by molar-refractivity contribution is 7.82. The Morgan fingerprint density at radius 2 is 0.976 bits per heavy atom. The van der Waals surface area contributed by atoms with Crippen LogP contribution < -0.4 is 0 Å². The summed E-state index contributed by atoms with van der Waals surface area (Å²) in [5, 5.41) is 0. The van der Waals surface area contributed by atoms with E-state index in [2.05, 4.69) is 41.7 Å². The number of methoxy groups -OCH3 is 1. The van der Waals surface area contributed by atoms with Crippen LogP contribution in [0.15, 0.2) is 11.6 Å². The molecule has 7 N–H and O–H groups in total. The second kappa shape index (κ2) is 23.5. The highest BCUT2D eigenvalue weighted by Crippen LogP contribution is 2.75. The van der Waals surface area contributed by atoms with Gasteiger partial charge in [0, 0.05) is 5.92 Å². The fourth-order valence-corrected chi connectivity index (χ4v) is 18.2. The molecule has 42 heteroatoms. The van der Waals surface area contributed by atoms with Crippen molar-refractivity contribution in [1.82, 2.24) is 0 Å². The number of ether oxygens (including phenoxy) is 5. The first kappa shape index (κ1) is 70.3. The number of allylic oxidation sites excluding steroid dienone is 2. The Morgan fingerprint density at radius 3 is 1.45 bits per heavy atom. The molecule has 2 heterocycles. The maximum absolute atomic E-state index is 15.2. The van der Waals surface area contributed by atoms with E-state index in [1.54, 1.807) is 19.9 Å². The summed E-state index contributed by atoms with van der Waals surface area (Å²) < 4.78 is 301. The van der Waals surface area contributed by atoms with Gasteiger partial charge in [-0.2, -0.15) is 58.9 Å². The van der Waals surface area contributed by atoms with Crippen LogP contribution in [0.2, 0.25) is 0 Å². The minimum absolute atomic E-state index is 0.0702. The van der Waals surface area contributed by atoms with Crippen LogP contribution in [0, 0.1) is 50.2 Å². The van der Waals surface area contributed by atoms with Gasteiger partial charge in [0.25, 0.3) is 0 Å². The van der Waals surface area contributed by atoms with Gasteiger partial charge in [-0.1, -0.05) is 47.1 Å². The highest BCUT2D eigenvalue weighted by atomic mass is 32.3. The molecule has 0 aromatic carbocycles. The van der Waals surface area contributed by atoms with Gasteiger partial charge >= 0.3 is 78.8 Å². The lowest BCUT2D eigenvalue weighted by Crippen LogP contribution is -2.68. The van der Waals surface area contributed by atoms with Gasteiger partial charge in [-0.25, -0.2) is 29.3 Å². The molecule has 7 rings (SSSR count). The van der Waals surface area contributed by atoms with Gasteiger partial charge in [0.2, 0.25) is 0 Å². The van der Waals surface area contributed by atoms with Crippen LogP contribution in [0.3, 0.4) is 0 Å². The number of rotatable bonds is 21. The van der Waals surface area contributed by atoms with Crippen molar-refractivity contribution in [2.75, 3.05) is 20.3 Å². The maximum atomic E-state index is 15.2. The summed E-state index contributed by atoms with van der Waals surface area (Å²) >= 11 is 0. The SMILES string of the molecule is COC(=O)[C@@]1(C)CCC2(C)CC[C@]3(C)C(=CC(=O)C4C5(C)CCC(O[C@@H]6O[C@H](COS(=O)(=O)O)[C@@H](O[C@@H]7O[C@H](COS(=O)(=O)O)[C@H](OS(=O)(=O)O)[C@H](OS(=O)(=O)O)[C@H]7OS(=O)(=O)O)[C@H](OS(=O)(=O)O)[C@H]6OS(=O)(=O)O)C(C)(C)C5CCC43C)C2C1. The first-order valence-electron chi connectivity index (χ1n) is 25.8. The summed E-state index contributed by atoms with van der Waals surface area (Å²) in [7, 11) is -40.7. The normalized spacial score (nSPS) is 41.1. The molecule has 6 fully saturated rings. The van der Waals surface area contributed by atoms with Crippen LogP contribution in [0.1, 0.15) is 106 Å². The molecule has 0 aromatic heterocycles. The van der Waals surface area contributed by atoms with Gasteiger partial charge in [0.1, 0.15) is 36.6 Å². The molecule has 2 aliphatic heterocycles. The van der Waals surface area contributed by atoms with E-state index in [-0.39, 0.29) is 35.9 Å². The molecule has 0 spiro atoms. The Morgan fingerprint density at radius 1 is 0.541 bits per heavy atom. The van der Waals surface area contributed by atoms with Crippen LogP contribution in [0.5, 0.6) is 0 Å². The van der Waals surface area contributed by atoms with E-state index in [9.17, 15) is 95.6 Å². The number of ketones is 1. The van der Waals surface area contributed by atoms with E-state index < -0.39 is 192 Å². The van der Waals surface area contributed by atoms with E-state index >= 15 is 4.79 Å². The molecular formula is C43H68O35S7. The number of fused-ring (bicyclic) bond motifs is 7. The summed E-state index contributed by atoms with van der Waals surface area (Å²) in [5.41, 5.74) is -3.34. The van der Waals surface area contributed by atoms with Crippen LogP contribution in [0.25, 0.3) is 0 Å². The molecule has 19 atom stereocenters. The Hall–Kier alpha value is -2.19. The molecule has 85 heavy (non-hydrogen) atoms. The predicted molar refractivity (Wildman–Crippen MR) is 276 cm³/mol. The third-order valence-corrected chi connectivity index (χ3v) is 22.1. The van der Waals surface area contributed by atoms with Crippen molar-refractivity contribution < 1.29 is 153 Å². The molecule has 5 aliphatic carbocycles. The fourth-order valence-electron chi connectivity index (χ4n) is 15.1. The lowest BCUT2D eigenvalue weighted by Gasteiger charge is -2.70. The summed E-state index contributed by atoms with van der Waals surface area (Å²) in [5.74, 6) is -1.78. The Balaban J connectivity index is 1.30. The lowest BCUT2D eigenvalue weighted by molar-refractivity contribution is -0.358. The van der Waals surface area contributed by atoms with Gasteiger partial charge in [0.05, 0.1) is 31.8 Å². The number of hydrogen-bond donors (Lipinski definition) is 7. The van der Waals surface area contributed by atoms with E-state index in [1.165, 1.54) is 7.11 Å². The molecule has 7 aliphatic rings. The molecule has 0 radical (unpaired) electrons. The highest BCUT2D eigenvalue weighted by Gasteiger charge is 2.71. The standard InChI is InChI=1S/C43H68O35S7/c1-38(2)26-9-12-43(7)34(23(44)17-21-22-18-40(4,37(45)67-8)14-13-39(22,3)15-16-42(21,43)6)41(26,5)11-10-27(38)72-35-32(77-84(61,62)63)30(75-82(55,56)57)28(24(70-35)19-68-79(46,47)48)73-36-33(78-85(64,65)66)31(76-83(58,59)60)29(74-81(52,53)54)25(71-36)20-69-80(49,50)51/h17,22,24-36H,9-16,18-20H2,1-8H3,(H,46,47,48)(H,49,50,51)(H,52,53,54)(H,55,56,57)(H,58,59,60)(H,61,62,63)(H,64,65,66)/t22?,24-,25-,26?,27?,28-,29+,30+,31+,32-,33-,34?,35+,36+,39?,40+,41?,42-,43?/m1/s1. The summed E-state index contributed by atoms with van der Waals surface area (Å²) in [4.78, 5) is 28.4. The van der Waals surface area contributed by atoms with Gasteiger partial charge in [-0.15, -0.1) is 0 Å². The lowest BCUT2D eigenvalue weighted by atomic mass is 9.33. The Labute approximate surface area is 491 Å². The second-order valence-corrected chi connectivity index (χ2v) is 31.7. The molecule has 0 amide bonds. The van der Waals surface area contributed by atoms with Crippen LogP contribution in [0.4, 0.5) is 0 Å². The maximum Gasteiger partial charge on any atom is 0.397 e. The van der Waals surface area contributed by atoms with Gasteiger partial charge in [-0.3, -0.25) is 41.5 Å². The molecule has 0 aromatic rings. The zero-order valence-corrected chi connectivity index (χ0v) is 52.1. The average molecular weight is 1370 g/mol. The van der Waals surface area contributed by atoms with Crippen molar-refractivity contribution in [1.29, 1.82) is 0 Å². The zero-order chi connectivity index (χ0) is 64.3. The van der Waals surface area contributed by atoms with Gasteiger partial charge in [-0.05, 0) is 110 Å². The van der Waals surface area contributed by atoms with Crippen molar-refractivity contribution in [2.45, 2.75) is 174 Å². The van der Waals surface area contributed by atoms with E-state index in [0.29, 0.717) is 25.7 Å². The zero-order valence-electron chi connectivity index (χ0n) is 46.4. The van der Waals surface area contributed by atoms with Crippen molar-refractivity contribution in [3.63, 3.8) is 0 Å². The number of hydrogen-bond acceptors (Lipinski definition) is 28. The third-order valence-electron chi connectivity index (χ3n) is 18.9. The first-order valence-corrected chi connectivity index (χ1v) is 35.3.